The summed E-state index contributed by atoms with van der Waals surface area (Å²) in [6.45, 7) is 0. The molecule has 0 saturated heterocycles. The van der Waals surface area contributed by atoms with E-state index in [-0.39, 0.29) is 11.4 Å². The highest BCUT2D eigenvalue weighted by Gasteiger charge is 2.03. The summed E-state index contributed by atoms with van der Waals surface area (Å²) in [6.07, 6.45) is 0. The molecule has 72 valence electrons. The molecular formula is C10H7BrClNO. The summed E-state index contributed by atoms with van der Waals surface area (Å²) in [5.74, 6) is 0.234. The van der Waals surface area contributed by atoms with E-state index in [9.17, 15) is 4.79 Å². The molecule has 0 radical (unpaired) electrons. The molecule has 0 bridgehead atoms. The number of fused-ring (bicyclic) bond motifs is 1. The summed E-state index contributed by atoms with van der Waals surface area (Å²) in [6, 6.07) is 7.55. The minimum absolute atomic E-state index is 0.126. The molecule has 0 aliphatic heterocycles. The fraction of sp³-hybridized carbons (Fsp3) is 0.100. The third-order valence-electron chi connectivity index (χ3n) is 2.05. The molecule has 0 amide bonds. The summed E-state index contributed by atoms with van der Waals surface area (Å²) in [7, 11) is 0. The predicted octanol–water partition coefficient (Wildman–Crippen LogP) is 3.03. The fourth-order valence-electron chi connectivity index (χ4n) is 1.34. The summed E-state index contributed by atoms with van der Waals surface area (Å²) in [5, 5.41) is 0.981. The minimum Gasteiger partial charge on any atom is -0.321 e. The first-order valence-electron chi connectivity index (χ1n) is 4.09. The van der Waals surface area contributed by atoms with E-state index in [2.05, 4.69) is 20.9 Å². The Kier molecular flexibility index (Phi) is 2.61. The number of H-pyrrole nitrogens is 1. The number of hydrogen-bond donors (Lipinski definition) is 1. The van der Waals surface area contributed by atoms with Crippen LogP contribution in [0.1, 0.15) is 5.56 Å². The van der Waals surface area contributed by atoms with Gasteiger partial charge in [-0.15, -0.1) is 11.6 Å². The normalized spacial score (nSPS) is 10.7. The Morgan fingerprint density at radius 2 is 2.21 bits per heavy atom. The number of rotatable bonds is 1. The van der Waals surface area contributed by atoms with Gasteiger partial charge in [0, 0.05) is 10.0 Å². The van der Waals surface area contributed by atoms with Crippen molar-refractivity contribution in [1.29, 1.82) is 0 Å². The summed E-state index contributed by atoms with van der Waals surface area (Å²) in [4.78, 5) is 14.2. The van der Waals surface area contributed by atoms with Crippen LogP contribution in [0.2, 0.25) is 0 Å². The maximum absolute atomic E-state index is 11.5. The molecule has 4 heteroatoms. The second-order valence-corrected chi connectivity index (χ2v) is 4.08. The third-order valence-corrected chi connectivity index (χ3v) is 3.00. The molecule has 0 fully saturated rings. The van der Waals surface area contributed by atoms with E-state index in [4.69, 9.17) is 11.6 Å². The smallest absolute Gasteiger partial charge is 0.252 e. The highest BCUT2D eigenvalue weighted by atomic mass is 79.9. The summed E-state index contributed by atoms with van der Waals surface area (Å²) < 4.78 is 0.883. The fourth-order valence-corrected chi connectivity index (χ4v) is 2.02. The van der Waals surface area contributed by atoms with Crippen molar-refractivity contribution in [2.24, 2.45) is 0 Å². The van der Waals surface area contributed by atoms with Gasteiger partial charge in [0.15, 0.2) is 0 Å². The second-order valence-electron chi connectivity index (χ2n) is 2.96. The molecule has 2 nitrogen and oxygen atoms in total. The van der Waals surface area contributed by atoms with Crippen LogP contribution in [0.3, 0.4) is 0 Å². The van der Waals surface area contributed by atoms with E-state index in [1.54, 1.807) is 0 Å². The average Bonchev–Trinajstić information content (AvgIpc) is 2.19. The lowest BCUT2D eigenvalue weighted by Gasteiger charge is -2.01. The first-order chi connectivity index (χ1) is 6.72. The topological polar surface area (TPSA) is 32.9 Å². The lowest BCUT2D eigenvalue weighted by molar-refractivity contribution is 1.21. The summed E-state index contributed by atoms with van der Waals surface area (Å²) >= 11 is 9.02. The number of hydrogen-bond acceptors (Lipinski definition) is 1. The molecule has 1 heterocycles. The van der Waals surface area contributed by atoms with Gasteiger partial charge in [-0.25, -0.2) is 0 Å². The molecule has 0 saturated carbocycles. The Morgan fingerprint density at radius 3 is 2.93 bits per heavy atom. The molecule has 0 atom stereocenters. The Labute approximate surface area is 94.0 Å². The molecule has 0 unspecified atom stereocenters. The monoisotopic (exact) mass is 271 g/mol. The van der Waals surface area contributed by atoms with Gasteiger partial charge in [0.1, 0.15) is 0 Å². The zero-order valence-electron chi connectivity index (χ0n) is 7.18. The lowest BCUT2D eigenvalue weighted by Crippen LogP contribution is -2.10. The molecule has 14 heavy (non-hydrogen) atoms. The number of halogens is 2. The molecule has 1 aromatic heterocycles. The van der Waals surface area contributed by atoms with Crippen LogP contribution in [0.15, 0.2) is 33.5 Å². The molecule has 0 aliphatic rings. The Balaban J connectivity index is 2.86. The standard InChI is InChI=1S/C10H7BrClNO/c11-8-3-1-2-6-4-7(5-12)10(14)13-9(6)8/h1-4H,5H2,(H,13,14). The highest BCUT2D eigenvalue weighted by Crippen LogP contribution is 2.21. The number of nitrogens with one attached hydrogen (secondary N) is 1. The van der Waals surface area contributed by atoms with Gasteiger partial charge in [-0.05, 0) is 33.4 Å². The van der Waals surface area contributed by atoms with Crippen molar-refractivity contribution >= 4 is 38.4 Å². The van der Waals surface area contributed by atoms with Gasteiger partial charge in [-0.3, -0.25) is 4.79 Å². The van der Waals surface area contributed by atoms with E-state index >= 15 is 0 Å². The third kappa shape index (κ3) is 1.57. The first-order valence-corrected chi connectivity index (χ1v) is 5.41. The maximum atomic E-state index is 11.5. The number of alkyl halides is 1. The number of aromatic nitrogens is 1. The maximum Gasteiger partial charge on any atom is 0.252 e. The van der Waals surface area contributed by atoms with E-state index in [0.29, 0.717) is 5.56 Å². The van der Waals surface area contributed by atoms with Crippen LogP contribution in [-0.4, -0.2) is 4.98 Å². The first kappa shape index (κ1) is 9.74. The van der Waals surface area contributed by atoms with E-state index in [0.717, 1.165) is 15.4 Å². The lowest BCUT2D eigenvalue weighted by atomic mass is 10.2. The average molecular weight is 273 g/mol. The largest absolute Gasteiger partial charge is 0.321 e. The number of pyridine rings is 1. The van der Waals surface area contributed by atoms with Crippen LogP contribution in [0.5, 0.6) is 0 Å². The van der Waals surface area contributed by atoms with Crippen LogP contribution in [-0.2, 0) is 5.88 Å². The van der Waals surface area contributed by atoms with Gasteiger partial charge in [-0.2, -0.15) is 0 Å². The highest BCUT2D eigenvalue weighted by molar-refractivity contribution is 9.10. The Bertz CT molecular complexity index is 535. The van der Waals surface area contributed by atoms with E-state index in [1.807, 2.05) is 24.3 Å². The van der Waals surface area contributed by atoms with Gasteiger partial charge in [0.05, 0.1) is 11.4 Å². The zero-order valence-corrected chi connectivity index (χ0v) is 9.52. The molecule has 1 N–H and O–H groups in total. The molecule has 0 aliphatic carbocycles. The van der Waals surface area contributed by atoms with Crippen LogP contribution in [0.25, 0.3) is 10.9 Å². The van der Waals surface area contributed by atoms with Gasteiger partial charge in [0.2, 0.25) is 0 Å². The van der Waals surface area contributed by atoms with Crippen molar-refractivity contribution in [3.8, 4) is 0 Å². The number of benzene rings is 1. The van der Waals surface area contributed by atoms with Crippen molar-refractivity contribution < 1.29 is 0 Å². The van der Waals surface area contributed by atoms with Crippen LogP contribution < -0.4 is 5.56 Å². The molecule has 1 aromatic carbocycles. The Morgan fingerprint density at radius 1 is 1.43 bits per heavy atom. The Hall–Kier alpha value is -0.800. The zero-order chi connectivity index (χ0) is 10.1. The predicted molar refractivity (Wildman–Crippen MR) is 61.8 cm³/mol. The second kappa shape index (κ2) is 3.75. The van der Waals surface area contributed by atoms with Crippen LogP contribution in [0.4, 0.5) is 0 Å². The minimum atomic E-state index is -0.126. The van der Waals surface area contributed by atoms with Gasteiger partial charge in [0.25, 0.3) is 5.56 Å². The van der Waals surface area contributed by atoms with Crippen LogP contribution in [0, 0.1) is 0 Å². The van der Waals surface area contributed by atoms with Crippen molar-refractivity contribution in [3.05, 3.63) is 44.7 Å². The van der Waals surface area contributed by atoms with E-state index < -0.39 is 0 Å². The van der Waals surface area contributed by atoms with Crippen molar-refractivity contribution in [2.75, 3.05) is 0 Å². The van der Waals surface area contributed by atoms with Gasteiger partial charge in [-0.1, -0.05) is 12.1 Å². The molecular weight excluding hydrogens is 265 g/mol. The molecule has 2 rings (SSSR count). The number of aromatic amines is 1. The van der Waals surface area contributed by atoms with Crippen molar-refractivity contribution in [2.45, 2.75) is 5.88 Å². The summed E-state index contributed by atoms with van der Waals surface area (Å²) in [5.41, 5.74) is 1.28. The quantitative estimate of drug-likeness (QED) is 0.795. The van der Waals surface area contributed by atoms with Crippen molar-refractivity contribution in [1.82, 2.24) is 4.98 Å². The van der Waals surface area contributed by atoms with Gasteiger partial charge >= 0.3 is 0 Å². The van der Waals surface area contributed by atoms with Crippen LogP contribution >= 0.6 is 27.5 Å². The van der Waals surface area contributed by atoms with E-state index in [1.165, 1.54) is 0 Å². The van der Waals surface area contributed by atoms with Crippen molar-refractivity contribution in [3.63, 3.8) is 0 Å². The van der Waals surface area contributed by atoms with Gasteiger partial charge < -0.3 is 4.98 Å². The SMILES string of the molecule is O=c1[nH]c2c(Br)cccc2cc1CCl. The molecule has 2 aromatic rings. The number of para-hydroxylation sites is 1. The molecule has 0 spiro atoms.